The number of halogens is 1. The first kappa shape index (κ1) is 22.4. The first-order valence-electron chi connectivity index (χ1n) is 8.90. The van der Waals surface area contributed by atoms with Crippen molar-refractivity contribution < 1.29 is 23.1 Å². The fourth-order valence-electron chi connectivity index (χ4n) is 2.87. The highest BCUT2D eigenvalue weighted by atomic mass is 35.5. The molecular formula is C19H18ClN5O5S. The molecule has 3 aromatic rings. The zero-order chi connectivity index (χ0) is 22.9. The summed E-state index contributed by atoms with van der Waals surface area (Å²) in [6.07, 6.45) is 2.30. The molecule has 1 aromatic carbocycles. The SMILES string of the molecule is Cc1nc(-n2ncnc2[C@H](C)NC(=O)c2cc(Cl)cc(S(C)(=O)=O)c2)ccc1C(=O)O. The average Bonchev–Trinajstić information content (AvgIpc) is 3.16. The number of carbonyl (C=O) groups is 2. The Morgan fingerprint density at radius 2 is 1.94 bits per heavy atom. The van der Waals surface area contributed by atoms with Crippen LogP contribution in [-0.4, -0.2) is 51.4 Å². The third-order valence-electron chi connectivity index (χ3n) is 4.39. The molecule has 0 fully saturated rings. The quantitative estimate of drug-likeness (QED) is 0.566. The van der Waals surface area contributed by atoms with Crippen molar-refractivity contribution in [3.05, 3.63) is 64.3 Å². The van der Waals surface area contributed by atoms with E-state index in [4.69, 9.17) is 16.7 Å². The maximum atomic E-state index is 12.7. The van der Waals surface area contributed by atoms with E-state index < -0.39 is 27.8 Å². The smallest absolute Gasteiger partial charge is 0.337 e. The Labute approximate surface area is 182 Å². The Bertz CT molecular complexity index is 1290. The highest BCUT2D eigenvalue weighted by molar-refractivity contribution is 7.90. The van der Waals surface area contributed by atoms with Crippen LogP contribution in [0.3, 0.4) is 0 Å². The molecule has 3 rings (SSSR count). The molecule has 162 valence electrons. The number of carboxylic acid groups (broad SMARTS) is 1. The van der Waals surface area contributed by atoms with Crippen molar-refractivity contribution in [1.29, 1.82) is 0 Å². The summed E-state index contributed by atoms with van der Waals surface area (Å²) in [6.45, 7) is 3.23. The van der Waals surface area contributed by atoms with E-state index >= 15 is 0 Å². The topological polar surface area (TPSA) is 144 Å². The molecule has 0 saturated heterocycles. The van der Waals surface area contributed by atoms with E-state index in [1.807, 2.05) is 0 Å². The molecule has 2 N–H and O–H groups in total. The summed E-state index contributed by atoms with van der Waals surface area (Å²) in [7, 11) is -3.55. The first-order valence-corrected chi connectivity index (χ1v) is 11.2. The van der Waals surface area contributed by atoms with Gasteiger partial charge in [0.25, 0.3) is 5.91 Å². The van der Waals surface area contributed by atoms with Gasteiger partial charge in [0.15, 0.2) is 21.5 Å². The minimum Gasteiger partial charge on any atom is -0.478 e. The van der Waals surface area contributed by atoms with Crippen LogP contribution in [0, 0.1) is 6.92 Å². The molecular weight excluding hydrogens is 446 g/mol. The van der Waals surface area contributed by atoms with Gasteiger partial charge in [-0.15, -0.1) is 0 Å². The molecule has 12 heteroatoms. The number of carboxylic acids is 1. The summed E-state index contributed by atoms with van der Waals surface area (Å²) >= 11 is 5.97. The molecule has 0 unspecified atom stereocenters. The van der Waals surface area contributed by atoms with E-state index in [-0.39, 0.29) is 21.0 Å². The third kappa shape index (κ3) is 4.89. The molecule has 10 nitrogen and oxygen atoms in total. The van der Waals surface area contributed by atoms with Gasteiger partial charge >= 0.3 is 5.97 Å². The van der Waals surface area contributed by atoms with E-state index in [9.17, 15) is 18.0 Å². The number of aromatic nitrogens is 4. The number of pyridine rings is 1. The number of aromatic carboxylic acids is 1. The summed E-state index contributed by atoms with van der Waals surface area (Å²) in [4.78, 5) is 32.2. The van der Waals surface area contributed by atoms with Crippen LogP contribution < -0.4 is 5.32 Å². The number of hydrogen-bond acceptors (Lipinski definition) is 7. The number of hydrogen-bond donors (Lipinski definition) is 2. The Hall–Kier alpha value is -3.31. The van der Waals surface area contributed by atoms with Crippen LogP contribution in [0.4, 0.5) is 0 Å². The van der Waals surface area contributed by atoms with Crippen LogP contribution in [0.15, 0.2) is 41.6 Å². The maximum Gasteiger partial charge on any atom is 0.337 e. The van der Waals surface area contributed by atoms with Crippen molar-refractivity contribution in [2.75, 3.05) is 6.26 Å². The summed E-state index contributed by atoms with van der Waals surface area (Å²) in [5, 5.41) is 16.1. The van der Waals surface area contributed by atoms with Crippen LogP contribution >= 0.6 is 11.6 Å². The lowest BCUT2D eigenvalue weighted by atomic mass is 10.2. The number of nitrogens with zero attached hydrogens (tertiary/aromatic N) is 4. The van der Waals surface area contributed by atoms with Crippen LogP contribution in [0.5, 0.6) is 0 Å². The molecule has 0 saturated carbocycles. The zero-order valence-electron chi connectivity index (χ0n) is 16.7. The fourth-order valence-corrected chi connectivity index (χ4v) is 3.85. The molecule has 0 bridgehead atoms. The van der Waals surface area contributed by atoms with Gasteiger partial charge in [-0.25, -0.2) is 23.2 Å². The van der Waals surface area contributed by atoms with E-state index in [1.165, 1.54) is 41.3 Å². The molecule has 0 spiro atoms. The second-order valence-corrected chi connectivity index (χ2v) is 9.23. The molecule has 1 atom stereocenters. The van der Waals surface area contributed by atoms with Gasteiger partial charge in [-0.3, -0.25) is 4.79 Å². The highest BCUT2D eigenvalue weighted by Gasteiger charge is 2.21. The van der Waals surface area contributed by atoms with Gasteiger partial charge in [-0.2, -0.15) is 9.78 Å². The first-order chi connectivity index (χ1) is 14.5. The number of aryl methyl sites for hydroxylation is 1. The number of carbonyl (C=O) groups excluding carboxylic acids is 1. The Morgan fingerprint density at radius 1 is 1.23 bits per heavy atom. The average molecular weight is 464 g/mol. The Kier molecular flexibility index (Phi) is 6.09. The van der Waals surface area contributed by atoms with Crippen LogP contribution in [0.25, 0.3) is 5.82 Å². The minimum absolute atomic E-state index is 0.0643. The van der Waals surface area contributed by atoms with Crippen molar-refractivity contribution >= 4 is 33.3 Å². The molecule has 0 aliphatic heterocycles. The zero-order valence-corrected chi connectivity index (χ0v) is 18.3. The van der Waals surface area contributed by atoms with Crippen molar-refractivity contribution in [1.82, 2.24) is 25.1 Å². The lowest BCUT2D eigenvalue weighted by Gasteiger charge is -2.15. The number of benzene rings is 1. The largest absolute Gasteiger partial charge is 0.478 e. The predicted molar refractivity (Wildman–Crippen MR) is 111 cm³/mol. The standard InChI is InChI=1S/C19H18ClN5O5S/c1-10-15(19(27)28)4-5-16(23-10)25-17(21-9-22-25)11(2)24-18(26)12-6-13(20)8-14(7-12)31(3,29)30/h4-9,11H,1-3H3,(H,24,26)(H,27,28)/t11-/m0/s1. The van der Waals surface area contributed by atoms with Gasteiger partial charge < -0.3 is 10.4 Å². The molecule has 0 aliphatic carbocycles. The Balaban J connectivity index is 1.88. The molecule has 0 radical (unpaired) electrons. The van der Waals surface area contributed by atoms with E-state index in [0.29, 0.717) is 17.3 Å². The normalized spacial score (nSPS) is 12.4. The highest BCUT2D eigenvalue weighted by Crippen LogP contribution is 2.21. The van der Waals surface area contributed by atoms with E-state index in [2.05, 4.69) is 20.4 Å². The van der Waals surface area contributed by atoms with Gasteiger partial charge in [0.05, 0.1) is 22.2 Å². The second-order valence-electron chi connectivity index (χ2n) is 6.78. The monoisotopic (exact) mass is 463 g/mol. The molecule has 2 aromatic heterocycles. The van der Waals surface area contributed by atoms with Gasteiger partial charge in [0, 0.05) is 16.8 Å². The molecule has 2 heterocycles. The number of sulfone groups is 1. The van der Waals surface area contributed by atoms with Crippen molar-refractivity contribution in [2.45, 2.75) is 24.8 Å². The third-order valence-corrected chi connectivity index (χ3v) is 5.70. The van der Waals surface area contributed by atoms with Crippen molar-refractivity contribution in [2.24, 2.45) is 0 Å². The van der Waals surface area contributed by atoms with Gasteiger partial charge in [-0.1, -0.05) is 11.6 Å². The summed E-state index contributed by atoms with van der Waals surface area (Å²) in [6, 6.07) is 6.12. The number of nitrogens with one attached hydrogen (secondary N) is 1. The van der Waals surface area contributed by atoms with Crippen molar-refractivity contribution in [3.8, 4) is 5.82 Å². The summed E-state index contributed by atoms with van der Waals surface area (Å²) in [5.41, 5.74) is 0.440. The van der Waals surface area contributed by atoms with Gasteiger partial charge in [0.2, 0.25) is 0 Å². The molecule has 1 amide bonds. The second kappa shape index (κ2) is 8.44. The lowest BCUT2D eigenvalue weighted by molar-refractivity contribution is 0.0695. The Morgan fingerprint density at radius 3 is 2.55 bits per heavy atom. The lowest BCUT2D eigenvalue weighted by Crippen LogP contribution is -2.29. The maximum absolute atomic E-state index is 12.7. The van der Waals surface area contributed by atoms with Crippen LogP contribution in [0.1, 0.15) is 45.2 Å². The van der Waals surface area contributed by atoms with Gasteiger partial charge in [-0.05, 0) is 44.2 Å². The molecule has 31 heavy (non-hydrogen) atoms. The minimum atomic E-state index is -3.55. The molecule has 0 aliphatic rings. The number of rotatable bonds is 6. The number of amides is 1. The fraction of sp³-hybridized carbons (Fsp3) is 0.211. The van der Waals surface area contributed by atoms with E-state index in [1.54, 1.807) is 13.8 Å². The van der Waals surface area contributed by atoms with Gasteiger partial charge in [0.1, 0.15) is 6.33 Å². The van der Waals surface area contributed by atoms with Crippen LogP contribution in [0.2, 0.25) is 5.02 Å². The van der Waals surface area contributed by atoms with Crippen molar-refractivity contribution in [3.63, 3.8) is 0 Å². The van der Waals surface area contributed by atoms with E-state index in [0.717, 1.165) is 6.26 Å². The predicted octanol–water partition coefficient (Wildman–Crippen LogP) is 2.22. The summed E-state index contributed by atoms with van der Waals surface area (Å²) < 4.78 is 25.0. The van der Waals surface area contributed by atoms with Crippen LogP contribution in [-0.2, 0) is 9.84 Å². The summed E-state index contributed by atoms with van der Waals surface area (Å²) in [5.74, 6) is -0.974.